The lowest BCUT2D eigenvalue weighted by molar-refractivity contribution is 1.41. The SMILES string of the molecule is N#Cc1ccc(-c2nccs2)c(N)c1. The van der Waals surface area contributed by atoms with Gasteiger partial charge in [0.1, 0.15) is 5.01 Å². The van der Waals surface area contributed by atoms with Gasteiger partial charge in [0.05, 0.1) is 11.6 Å². The summed E-state index contributed by atoms with van der Waals surface area (Å²) in [5, 5.41) is 11.4. The predicted molar refractivity (Wildman–Crippen MR) is 56.7 cm³/mol. The van der Waals surface area contributed by atoms with Crippen LogP contribution in [0, 0.1) is 11.3 Å². The van der Waals surface area contributed by atoms with Gasteiger partial charge in [-0.2, -0.15) is 5.26 Å². The second-order valence-electron chi connectivity index (χ2n) is 2.75. The van der Waals surface area contributed by atoms with E-state index in [0.29, 0.717) is 11.3 Å². The topological polar surface area (TPSA) is 62.7 Å². The molecule has 14 heavy (non-hydrogen) atoms. The smallest absolute Gasteiger partial charge is 0.125 e. The lowest BCUT2D eigenvalue weighted by Gasteiger charge is -2.01. The number of rotatable bonds is 1. The van der Waals surface area contributed by atoms with Crippen LogP contribution in [0.4, 0.5) is 5.69 Å². The van der Waals surface area contributed by atoms with Gasteiger partial charge in [-0.15, -0.1) is 11.3 Å². The van der Waals surface area contributed by atoms with Gasteiger partial charge >= 0.3 is 0 Å². The summed E-state index contributed by atoms with van der Waals surface area (Å²) in [6, 6.07) is 7.28. The fourth-order valence-electron chi connectivity index (χ4n) is 1.18. The minimum atomic E-state index is 0.572. The van der Waals surface area contributed by atoms with Crippen molar-refractivity contribution >= 4 is 17.0 Å². The van der Waals surface area contributed by atoms with Gasteiger partial charge < -0.3 is 5.73 Å². The molecule has 0 amide bonds. The number of nitriles is 1. The quantitative estimate of drug-likeness (QED) is 0.720. The summed E-state index contributed by atoms with van der Waals surface area (Å²) in [4.78, 5) is 4.16. The molecule has 1 aromatic carbocycles. The standard InChI is InChI=1S/C10H7N3S/c11-6-7-1-2-8(9(12)5-7)10-13-3-4-14-10/h1-5H,12H2. The molecule has 2 rings (SSSR count). The van der Waals surface area contributed by atoms with Crippen LogP contribution < -0.4 is 5.73 Å². The van der Waals surface area contributed by atoms with Gasteiger partial charge in [0.25, 0.3) is 0 Å². The van der Waals surface area contributed by atoms with Crippen molar-refractivity contribution in [2.45, 2.75) is 0 Å². The van der Waals surface area contributed by atoms with Crippen LogP contribution in [0.25, 0.3) is 10.6 Å². The van der Waals surface area contributed by atoms with Crippen molar-refractivity contribution in [1.29, 1.82) is 5.26 Å². The molecule has 0 saturated carbocycles. The molecule has 2 N–H and O–H groups in total. The molecule has 0 aliphatic rings. The molecule has 68 valence electrons. The zero-order valence-electron chi connectivity index (χ0n) is 7.27. The van der Waals surface area contributed by atoms with Crippen molar-refractivity contribution in [2.75, 3.05) is 5.73 Å². The summed E-state index contributed by atoms with van der Waals surface area (Å²) in [7, 11) is 0. The molecule has 1 aromatic heterocycles. The first-order chi connectivity index (χ1) is 6.81. The molecule has 0 spiro atoms. The Morgan fingerprint density at radius 1 is 1.43 bits per heavy atom. The van der Waals surface area contributed by atoms with Gasteiger partial charge in [-0.25, -0.2) is 4.98 Å². The maximum absolute atomic E-state index is 8.66. The van der Waals surface area contributed by atoms with Crippen LogP contribution in [0.5, 0.6) is 0 Å². The molecule has 0 radical (unpaired) electrons. The van der Waals surface area contributed by atoms with E-state index in [1.165, 1.54) is 11.3 Å². The highest BCUT2D eigenvalue weighted by molar-refractivity contribution is 7.13. The van der Waals surface area contributed by atoms with Gasteiger partial charge in [-0.05, 0) is 18.2 Å². The first-order valence-electron chi connectivity index (χ1n) is 4.01. The monoisotopic (exact) mass is 201 g/mol. The third-order valence-corrected chi connectivity index (χ3v) is 2.65. The highest BCUT2D eigenvalue weighted by Crippen LogP contribution is 2.27. The van der Waals surface area contributed by atoms with Crippen molar-refractivity contribution in [2.24, 2.45) is 0 Å². The first-order valence-corrected chi connectivity index (χ1v) is 4.88. The highest BCUT2D eigenvalue weighted by Gasteiger charge is 2.05. The maximum atomic E-state index is 8.66. The summed E-state index contributed by atoms with van der Waals surface area (Å²) in [6.45, 7) is 0. The minimum Gasteiger partial charge on any atom is -0.398 e. The highest BCUT2D eigenvalue weighted by atomic mass is 32.1. The van der Waals surface area contributed by atoms with E-state index in [1.54, 1.807) is 18.3 Å². The lowest BCUT2D eigenvalue weighted by atomic mass is 10.1. The fourth-order valence-corrected chi connectivity index (χ4v) is 1.87. The summed E-state index contributed by atoms with van der Waals surface area (Å²) in [5.41, 5.74) is 7.86. The molecule has 4 heteroatoms. The van der Waals surface area contributed by atoms with Crippen molar-refractivity contribution < 1.29 is 0 Å². The normalized spacial score (nSPS) is 9.64. The Kier molecular flexibility index (Phi) is 2.17. The Bertz CT molecular complexity index is 483. The molecule has 0 atom stereocenters. The number of nitrogens with zero attached hydrogens (tertiary/aromatic N) is 2. The molecule has 0 fully saturated rings. The van der Waals surface area contributed by atoms with Crippen LogP contribution in [-0.2, 0) is 0 Å². The number of hydrogen-bond acceptors (Lipinski definition) is 4. The zero-order chi connectivity index (χ0) is 9.97. The Hall–Kier alpha value is -1.86. The van der Waals surface area contributed by atoms with Crippen LogP contribution in [0.2, 0.25) is 0 Å². The van der Waals surface area contributed by atoms with E-state index in [4.69, 9.17) is 11.0 Å². The Morgan fingerprint density at radius 3 is 2.86 bits per heavy atom. The van der Waals surface area contributed by atoms with Crippen LogP contribution in [0.15, 0.2) is 29.8 Å². The van der Waals surface area contributed by atoms with Gasteiger partial charge in [0.15, 0.2) is 0 Å². The summed E-state index contributed by atoms with van der Waals surface area (Å²) in [5.74, 6) is 0. The first kappa shape index (κ1) is 8.73. The molecule has 1 heterocycles. The van der Waals surface area contributed by atoms with E-state index in [-0.39, 0.29) is 0 Å². The third kappa shape index (κ3) is 1.45. The van der Waals surface area contributed by atoms with Gasteiger partial charge in [-0.3, -0.25) is 0 Å². The molecule has 2 aromatic rings. The molecular formula is C10H7N3S. The number of benzene rings is 1. The van der Waals surface area contributed by atoms with Crippen LogP contribution in [-0.4, -0.2) is 4.98 Å². The van der Waals surface area contributed by atoms with Crippen LogP contribution in [0.3, 0.4) is 0 Å². The van der Waals surface area contributed by atoms with E-state index in [0.717, 1.165) is 10.6 Å². The van der Waals surface area contributed by atoms with Gasteiger partial charge in [0.2, 0.25) is 0 Å². The molecule has 0 aliphatic heterocycles. The van der Waals surface area contributed by atoms with Crippen molar-refractivity contribution in [3.63, 3.8) is 0 Å². The molecule has 3 nitrogen and oxygen atoms in total. The number of hydrogen-bond donors (Lipinski definition) is 1. The van der Waals surface area contributed by atoms with Gasteiger partial charge in [-0.1, -0.05) is 0 Å². The zero-order valence-corrected chi connectivity index (χ0v) is 8.08. The minimum absolute atomic E-state index is 0.572. The number of thiazole rings is 1. The lowest BCUT2D eigenvalue weighted by Crippen LogP contribution is -1.90. The maximum Gasteiger partial charge on any atom is 0.125 e. The fraction of sp³-hybridized carbons (Fsp3) is 0. The average molecular weight is 201 g/mol. The van der Waals surface area contributed by atoms with Gasteiger partial charge in [0, 0.05) is 22.8 Å². The Labute approximate surface area is 85.4 Å². The van der Waals surface area contributed by atoms with Crippen LogP contribution in [0.1, 0.15) is 5.56 Å². The third-order valence-electron chi connectivity index (χ3n) is 1.84. The molecule has 0 saturated heterocycles. The van der Waals surface area contributed by atoms with Crippen molar-refractivity contribution in [3.05, 3.63) is 35.3 Å². The molecule has 0 bridgehead atoms. The Morgan fingerprint density at radius 2 is 2.29 bits per heavy atom. The molecular weight excluding hydrogens is 194 g/mol. The van der Waals surface area contributed by atoms with Crippen LogP contribution >= 0.6 is 11.3 Å². The number of nitrogens with two attached hydrogens (primary N) is 1. The van der Waals surface area contributed by atoms with E-state index in [2.05, 4.69) is 4.98 Å². The summed E-state index contributed by atoms with van der Waals surface area (Å²) in [6.07, 6.45) is 1.73. The second-order valence-corrected chi connectivity index (χ2v) is 3.65. The van der Waals surface area contributed by atoms with E-state index < -0.39 is 0 Å². The number of anilines is 1. The van der Waals surface area contributed by atoms with E-state index >= 15 is 0 Å². The van der Waals surface area contributed by atoms with Crippen molar-refractivity contribution in [3.8, 4) is 16.6 Å². The van der Waals surface area contributed by atoms with E-state index in [9.17, 15) is 0 Å². The summed E-state index contributed by atoms with van der Waals surface area (Å²) >= 11 is 1.53. The van der Waals surface area contributed by atoms with E-state index in [1.807, 2.05) is 17.5 Å². The average Bonchev–Trinajstić information content (AvgIpc) is 2.70. The predicted octanol–water partition coefficient (Wildman–Crippen LogP) is 2.26. The second kappa shape index (κ2) is 3.48. The van der Waals surface area contributed by atoms with Crippen molar-refractivity contribution in [1.82, 2.24) is 4.98 Å². The number of aromatic nitrogens is 1. The molecule has 0 unspecified atom stereocenters. The molecule has 0 aliphatic carbocycles. The number of nitrogen functional groups attached to an aromatic ring is 1. The summed E-state index contributed by atoms with van der Waals surface area (Å²) < 4.78 is 0. The Balaban J connectivity index is 2.52. The largest absolute Gasteiger partial charge is 0.398 e.